The predicted octanol–water partition coefficient (Wildman–Crippen LogP) is 3.25. The van der Waals surface area contributed by atoms with Crippen LogP contribution in [0.3, 0.4) is 0 Å². The minimum Gasteiger partial charge on any atom is -0.469 e. The summed E-state index contributed by atoms with van der Waals surface area (Å²) in [6, 6.07) is 3.90. The number of carbonyl (C=O) groups is 1. The Hall–Kier alpha value is -1.49. The van der Waals surface area contributed by atoms with Gasteiger partial charge in [0.25, 0.3) is 0 Å². The number of methoxy groups -OCH3 is 1. The molecule has 1 heterocycles. The van der Waals surface area contributed by atoms with Gasteiger partial charge in [0.1, 0.15) is 11.4 Å². The molecule has 5 heteroatoms. The Morgan fingerprint density at radius 2 is 2.10 bits per heavy atom. The molecule has 0 radical (unpaired) electrons. The summed E-state index contributed by atoms with van der Waals surface area (Å²) in [7, 11) is 3.26. The molecular weight excluding hydrogens is 258 g/mol. The lowest BCUT2D eigenvalue weighted by molar-refractivity contribution is 0.0541. The normalized spacial score (nSPS) is 12.1. The SMILES string of the molecule is CNC(=O)OC(C)(C)C.COCC(C)Cc1ccco1. The number of hydrogen-bond acceptors (Lipinski definition) is 4. The van der Waals surface area contributed by atoms with E-state index in [0.717, 1.165) is 18.8 Å². The fourth-order valence-corrected chi connectivity index (χ4v) is 1.44. The Morgan fingerprint density at radius 3 is 2.45 bits per heavy atom. The van der Waals surface area contributed by atoms with Gasteiger partial charge in [-0.15, -0.1) is 0 Å². The highest BCUT2D eigenvalue weighted by molar-refractivity contribution is 5.67. The smallest absolute Gasteiger partial charge is 0.407 e. The Balaban J connectivity index is 0.000000370. The molecule has 0 saturated heterocycles. The number of rotatable bonds is 4. The van der Waals surface area contributed by atoms with E-state index in [4.69, 9.17) is 13.9 Å². The molecule has 1 aromatic heterocycles. The Labute approximate surface area is 121 Å². The van der Waals surface area contributed by atoms with Crippen molar-refractivity contribution in [1.29, 1.82) is 0 Å². The lowest BCUT2D eigenvalue weighted by atomic mass is 10.1. The van der Waals surface area contributed by atoms with Crippen LogP contribution in [-0.2, 0) is 15.9 Å². The third-order valence-corrected chi connectivity index (χ3v) is 2.18. The molecule has 0 bridgehead atoms. The van der Waals surface area contributed by atoms with Crippen LogP contribution >= 0.6 is 0 Å². The molecule has 0 fully saturated rings. The highest BCUT2D eigenvalue weighted by atomic mass is 16.6. The molecule has 0 aliphatic heterocycles. The van der Waals surface area contributed by atoms with Crippen molar-refractivity contribution >= 4 is 6.09 Å². The van der Waals surface area contributed by atoms with Gasteiger partial charge in [-0.2, -0.15) is 0 Å². The quantitative estimate of drug-likeness (QED) is 0.922. The molecule has 1 N–H and O–H groups in total. The van der Waals surface area contributed by atoms with Gasteiger partial charge in [-0.05, 0) is 38.8 Å². The molecule has 0 saturated carbocycles. The third-order valence-electron chi connectivity index (χ3n) is 2.18. The van der Waals surface area contributed by atoms with E-state index in [0.29, 0.717) is 5.92 Å². The monoisotopic (exact) mass is 285 g/mol. The van der Waals surface area contributed by atoms with E-state index in [1.54, 1.807) is 13.4 Å². The number of amides is 1. The summed E-state index contributed by atoms with van der Waals surface area (Å²) < 4.78 is 15.0. The molecule has 1 aromatic rings. The van der Waals surface area contributed by atoms with Gasteiger partial charge >= 0.3 is 6.09 Å². The molecule has 0 aromatic carbocycles. The summed E-state index contributed by atoms with van der Waals surface area (Å²) in [6.45, 7) is 8.40. The minimum atomic E-state index is -0.389. The summed E-state index contributed by atoms with van der Waals surface area (Å²) in [5.74, 6) is 1.57. The molecule has 20 heavy (non-hydrogen) atoms. The fraction of sp³-hybridized carbons (Fsp3) is 0.667. The first-order chi connectivity index (χ1) is 9.28. The zero-order valence-corrected chi connectivity index (χ0v) is 13.4. The second kappa shape index (κ2) is 9.42. The van der Waals surface area contributed by atoms with Crippen LogP contribution in [0.4, 0.5) is 4.79 Å². The van der Waals surface area contributed by atoms with Gasteiger partial charge in [0.15, 0.2) is 0 Å². The van der Waals surface area contributed by atoms with Crippen LogP contribution in [-0.4, -0.2) is 32.5 Å². The van der Waals surface area contributed by atoms with Crippen molar-refractivity contribution in [2.75, 3.05) is 20.8 Å². The Morgan fingerprint density at radius 1 is 1.45 bits per heavy atom. The molecular formula is C15H27NO4. The summed E-state index contributed by atoms with van der Waals surface area (Å²) in [4.78, 5) is 10.5. The van der Waals surface area contributed by atoms with Gasteiger partial charge in [-0.1, -0.05) is 6.92 Å². The van der Waals surface area contributed by atoms with Crippen LogP contribution in [0.15, 0.2) is 22.8 Å². The molecule has 0 aliphatic carbocycles. The first-order valence-electron chi connectivity index (χ1n) is 6.70. The van der Waals surface area contributed by atoms with Crippen LogP contribution in [0.2, 0.25) is 0 Å². The van der Waals surface area contributed by atoms with Crippen molar-refractivity contribution < 1.29 is 18.7 Å². The van der Waals surface area contributed by atoms with Crippen LogP contribution in [0, 0.1) is 5.92 Å². The van der Waals surface area contributed by atoms with Crippen molar-refractivity contribution in [3.05, 3.63) is 24.2 Å². The Bertz CT molecular complexity index is 354. The maximum Gasteiger partial charge on any atom is 0.407 e. The molecule has 0 aliphatic rings. The first-order valence-corrected chi connectivity index (χ1v) is 6.70. The molecule has 116 valence electrons. The lowest BCUT2D eigenvalue weighted by Crippen LogP contribution is -2.30. The average Bonchev–Trinajstić information content (AvgIpc) is 2.80. The summed E-state index contributed by atoms with van der Waals surface area (Å²) in [5, 5.41) is 2.36. The minimum absolute atomic E-state index is 0.387. The van der Waals surface area contributed by atoms with Gasteiger partial charge in [0.2, 0.25) is 0 Å². The van der Waals surface area contributed by atoms with E-state index in [-0.39, 0.29) is 11.7 Å². The van der Waals surface area contributed by atoms with Crippen molar-refractivity contribution in [2.45, 2.75) is 39.7 Å². The molecule has 1 unspecified atom stereocenters. The van der Waals surface area contributed by atoms with Gasteiger partial charge in [0.05, 0.1) is 6.26 Å². The van der Waals surface area contributed by atoms with E-state index < -0.39 is 0 Å². The lowest BCUT2D eigenvalue weighted by Gasteiger charge is -2.18. The summed E-state index contributed by atoms with van der Waals surface area (Å²) in [6.07, 6.45) is 2.28. The van der Waals surface area contributed by atoms with Gasteiger partial charge in [-0.25, -0.2) is 4.79 Å². The zero-order chi connectivity index (χ0) is 15.6. The zero-order valence-electron chi connectivity index (χ0n) is 13.4. The maximum atomic E-state index is 10.5. The number of nitrogens with one attached hydrogen (secondary N) is 1. The summed E-state index contributed by atoms with van der Waals surface area (Å²) >= 11 is 0. The topological polar surface area (TPSA) is 60.7 Å². The number of ether oxygens (including phenoxy) is 2. The molecule has 1 rings (SSSR count). The molecule has 1 atom stereocenters. The fourth-order valence-electron chi connectivity index (χ4n) is 1.44. The first kappa shape index (κ1) is 18.5. The summed E-state index contributed by atoms with van der Waals surface area (Å²) in [5.41, 5.74) is -0.389. The van der Waals surface area contributed by atoms with Crippen LogP contribution < -0.4 is 5.32 Å². The Kier molecular flexibility index (Phi) is 8.72. The number of hydrogen-bond donors (Lipinski definition) is 1. The third kappa shape index (κ3) is 10.4. The highest BCUT2D eigenvalue weighted by Gasteiger charge is 2.13. The maximum absolute atomic E-state index is 10.5. The van der Waals surface area contributed by atoms with E-state index in [1.165, 1.54) is 7.05 Å². The molecule has 5 nitrogen and oxygen atoms in total. The number of furan rings is 1. The second-order valence-corrected chi connectivity index (χ2v) is 5.60. The average molecular weight is 285 g/mol. The van der Waals surface area contributed by atoms with Crippen molar-refractivity contribution in [3.63, 3.8) is 0 Å². The largest absolute Gasteiger partial charge is 0.469 e. The van der Waals surface area contributed by atoms with Crippen LogP contribution in [0.5, 0.6) is 0 Å². The van der Waals surface area contributed by atoms with Gasteiger partial charge in [-0.3, -0.25) is 0 Å². The van der Waals surface area contributed by atoms with E-state index in [9.17, 15) is 4.79 Å². The highest BCUT2D eigenvalue weighted by Crippen LogP contribution is 2.08. The number of carbonyl (C=O) groups excluding carboxylic acids is 1. The van der Waals surface area contributed by atoms with Crippen LogP contribution in [0.25, 0.3) is 0 Å². The van der Waals surface area contributed by atoms with Gasteiger partial charge < -0.3 is 19.2 Å². The number of alkyl carbamates (subject to hydrolysis) is 1. The predicted molar refractivity (Wildman–Crippen MR) is 78.7 cm³/mol. The molecule has 1 amide bonds. The van der Waals surface area contributed by atoms with E-state index in [1.807, 2.05) is 32.9 Å². The van der Waals surface area contributed by atoms with Crippen molar-refractivity contribution in [3.8, 4) is 0 Å². The van der Waals surface area contributed by atoms with Gasteiger partial charge in [0, 0.05) is 27.2 Å². The van der Waals surface area contributed by atoms with Crippen molar-refractivity contribution in [1.82, 2.24) is 5.32 Å². The van der Waals surface area contributed by atoms with Crippen molar-refractivity contribution in [2.24, 2.45) is 5.92 Å². The second-order valence-electron chi connectivity index (χ2n) is 5.60. The standard InChI is InChI=1S/C9H14O2.C6H13NO2/c1-8(7-10-2)6-9-4-3-5-11-9;1-6(2,3)9-5(8)7-4/h3-5,8H,6-7H2,1-2H3;1-4H3,(H,7,8). The van der Waals surface area contributed by atoms with E-state index in [2.05, 4.69) is 12.2 Å². The van der Waals surface area contributed by atoms with Crippen LogP contribution in [0.1, 0.15) is 33.5 Å². The van der Waals surface area contributed by atoms with E-state index >= 15 is 0 Å². The molecule has 0 spiro atoms.